The highest BCUT2D eigenvalue weighted by Gasteiger charge is 2.40. The molecule has 2 aromatic heterocycles. The Kier molecular flexibility index (Phi) is 3.46. The van der Waals surface area contributed by atoms with Crippen LogP contribution in [0.15, 0.2) is 63.4 Å². The number of hydrogen-bond donors (Lipinski definition) is 0. The molecule has 0 atom stereocenters. The molecule has 0 bridgehead atoms. The van der Waals surface area contributed by atoms with Gasteiger partial charge in [-0.15, -0.1) is 0 Å². The summed E-state index contributed by atoms with van der Waals surface area (Å²) in [5.41, 5.74) is 0.820. The van der Waals surface area contributed by atoms with Gasteiger partial charge in [-0.1, -0.05) is 37.3 Å². The van der Waals surface area contributed by atoms with E-state index in [4.69, 9.17) is 8.83 Å². The highest BCUT2D eigenvalue weighted by atomic mass is 16.4. The van der Waals surface area contributed by atoms with Crippen molar-refractivity contribution in [1.29, 1.82) is 0 Å². The quantitative estimate of drug-likeness (QED) is 0.653. The van der Waals surface area contributed by atoms with E-state index in [-0.39, 0.29) is 5.41 Å². The molecule has 0 saturated heterocycles. The van der Waals surface area contributed by atoms with Crippen molar-refractivity contribution in [3.05, 3.63) is 83.2 Å². The fourth-order valence-electron chi connectivity index (χ4n) is 3.01. The van der Waals surface area contributed by atoms with Crippen LogP contribution in [-0.2, 0) is 5.41 Å². The first-order valence-electron chi connectivity index (χ1n) is 7.36. The van der Waals surface area contributed by atoms with Gasteiger partial charge in [0.15, 0.2) is 0 Å². The Hall–Kier alpha value is -2.22. The lowest BCUT2D eigenvalue weighted by Crippen LogP contribution is -2.27. The molecule has 0 spiro atoms. The van der Waals surface area contributed by atoms with E-state index < -0.39 is 0 Å². The molecule has 21 heavy (non-hydrogen) atoms. The second kappa shape index (κ2) is 5.28. The van der Waals surface area contributed by atoms with E-state index in [9.17, 15) is 0 Å². The van der Waals surface area contributed by atoms with Crippen molar-refractivity contribution >= 4 is 0 Å². The van der Waals surface area contributed by atoms with Crippen LogP contribution < -0.4 is 0 Å². The molecular formula is C19H20O2. The van der Waals surface area contributed by atoms with Crippen molar-refractivity contribution in [2.75, 3.05) is 0 Å². The van der Waals surface area contributed by atoms with E-state index in [2.05, 4.69) is 43.3 Å². The maximum Gasteiger partial charge on any atom is 0.122 e. The minimum Gasteiger partial charge on any atom is -0.465 e. The fourth-order valence-corrected chi connectivity index (χ4v) is 3.01. The molecule has 1 aromatic carbocycles. The van der Waals surface area contributed by atoms with Crippen molar-refractivity contribution in [3.8, 4) is 0 Å². The molecule has 2 heteroatoms. The highest BCUT2D eigenvalue weighted by Crippen LogP contribution is 2.43. The summed E-state index contributed by atoms with van der Waals surface area (Å²) in [6.07, 6.45) is 0.872. The zero-order valence-corrected chi connectivity index (χ0v) is 12.7. The normalized spacial score (nSPS) is 11.8. The molecule has 0 aliphatic rings. The van der Waals surface area contributed by atoms with Gasteiger partial charge in [0, 0.05) is 0 Å². The van der Waals surface area contributed by atoms with Gasteiger partial charge in [-0.2, -0.15) is 0 Å². The maximum absolute atomic E-state index is 6.00. The van der Waals surface area contributed by atoms with Gasteiger partial charge in [-0.05, 0) is 50.1 Å². The Bertz CT molecular complexity index is 679. The molecule has 0 fully saturated rings. The summed E-state index contributed by atoms with van der Waals surface area (Å²) in [4.78, 5) is 0. The smallest absolute Gasteiger partial charge is 0.122 e. The van der Waals surface area contributed by atoms with Crippen molar-refractivity contribution in [2.24, 2.45) is 0 Å². The summed E-state index contributed by atoms with van der Waals surface area (Å²) in [6, 6.07) is 18.6. The third kappa shape index (κ3) is 2.21. The van der Waals surface area contributed by atoms with Crippen LogP contribution in [-0.4, -0.2) is 0 Å². The monoisotopic (exact) mass is 280 g/mol. The largest absolute Gasteiger partial charge is 0.465 e. The average molecular weight is 280 g/mol. The summed E-state index contributed by atoms with van der Waals surface area (Å²) >= 11 is 0. The van der Waals surface area contributed by atoms with Crippen molar-refractivity contribution in [2.45, 2.75) is 32.6 Å². The molecule has 0 amide bonds. The van der Waals surface area contributed by atoms with E-state index in [0.717, 1.165) is 29.5 Å². The van der Waals surface area contributed by atoms with E-state index in [1.165, 1.54) is 5.56 Å². The van der Waals surface area contributed by atoms with Crippen molar-refractivity contribution in [1.82, 2.24) is 0 Å². The van der Waals surface area contributed by atoms with Crippen LogP contribution in [0.4, 0.5) is 0 Å². The minimum atomic E-state index is -0.371. The van der Waals surface area contributed by atoms with E-state index in [1.807, 2.05) is 32.0 Å². The van der Waals surface area contributed by atoms with Gasteiger partial charge in [0.05, 0.1) is 0 Å². The zero-order chi connectivity index (χ0) is 14.9. The van der Waals surface area contributed by atoms with Gasteiger partial charge >= 0.3 is 0 Å². The molecule has 2 nitrogen and oxygen atoms in total. The molecule has 0 unspecified atom stereocenters. The number of furan rings is 2. The Morgan fingerprint density at radius 3 is 1.67 bits per heavy atom. The molecule has 108 valence electrons. The van der Waals surface area contributed by atoms with Gasteiger partial charge in [0.25, 0.3) is 0 Å². The fraction of sp³-hybridized carbons (Fsp3) is 0.263. The van der Waals surface area contributed by atoms with Gasteiger partial charge in [0.2, 0.25) is 0 Å². The Morgan fingerprint density at radius 2 is 1.29 bits per heavy atom. The summed E-state index contributed by atoms with van der Waals surface area (Å²) in [6.45, 7) is 6.12. The van der Waals surface area contributed by atoms with Crippen LogP contribution in [0.1, 0.15) is 41.9 Å². The first-order valence-corrected chi connectivity index (χ1v) is 7.36. The van der Waals surface area contributed by atoms with Crippen molar-refractivity contribution in [3.63, 3.8) is 0 Å². The molecule has 3 rings (SSSR count). The lowest BCUT2D eigenvalue weighted by molar-refractivity contribution is 0.343. The summed E-state index contributed by atoms with van der Waals surface area (Å²) in [5, 5.41) is 0. The summed E-state index contributed by atoms with van der Waals surface area (Å²) in [7, 11) is 0. The van der Waals surface area contributed by atoms with Crippen LogP contribution in [0, 0.1) is 13.8 Å². The standard InChI is InChI=1S/C19H20O2/c1-4-19(16-8-6-5-7-9-16,17-12-10-14(2)20-17)18-13-11-15(3)21-18/h5-13H,4H2,1-3H3. The van der Waals surface area contributed by atoms with Crippen LogP contribution >= 0.6 is 0 Å². The van der Waals surface area contributed by atoms with E-state index >= 15 is 0 Å². The molecular weight excluding hydrogens is 260 g/mol. The third-order valence-corrected chi connectivity index (χ3v) is 4.12. The lowest BCUT2D eigenvalue weighted by Gasteiger charge is -2.29. The molecule has 0 N–H and O–H groups in total. The SMILES string of the molecule is CCC(c1ccccc1)(c1ccc(C)o1)c1ccc(C)o1. The Labute approximate surface area is 125 Å². The second-order valence-corrected chi connectivity index (χ2v) is 5.45. The van der Waals surface area contributed by atoms with E-state index in [0.29, 0.717) is 0 Å². The Morgan fingerprint density at radius 1 is 0.762 bits per heavy atom. The number of hydrogen-bond acceptors (Lipinski definition) is 2. The van der Waals surface area contributed by atoms with Crippen LogP contribution in [0.3, 0.4) is 0 Å². The van der Waals surface area contributed by atoms with Crippen molar-refractivity contribution < 1.29 is 8.83 Å². The predicted octanol–water partition coefficient (Wildman–Crippen LogP) is 5.23. The van der Waals surface area contributed by atoms with Gasteiger partial charge < -0.3 is 8.83 Å². The lowest BCUT2D eigenvalue weighted by atomic mass is 9.74. The highest BCUT2D eigenvalue weighted by molar-refractivity contribution is 5.44. The third-order valence-electron chi connectivity index (χ3n) is 4.12. The zero-order valence-electron chi connectivity index (χ0n) is 12.7. The number of benzene rings is 1. The van der Waals surface area contributed by atoms with Crippen LogP contribution in [0.25, 0.3) is 0 Å². The molecule has 0 saturated carbocycles. The van der Waals surface area contributed by atoms with Gasteiger partial charge in [-0.25, -0.2) is 0 Å². The molecule has 0 aliphatic heterocycles. The number of rotatable bonds is 4. The molecule has 2 heterocycles. The predicted molar refractivity (Wildman–Crippen MR) is 83.5 cm³/mol. The second-order valence-electron chi connectivity index (χ2n) is 5.45. The Balaban J connectivity index is 2.27. The van der Waals surface area contributed by atoms with Gasteiger partial charge in [0.1, 0.15) is 28.5 Å². The summed E-state index contributed by atoms with van der Waals surface area (Å²) in [5.74, 6) is 3.70. The first-order chi connectivity index (χ1) is 10.2. The molecule has 3 aromatic rings. The number of aryl methyl sites for hydroxylation is 2. The molecule has 0 aliphatic carbocycles. The minimum absolute atomic E-state index is 0.371. The maximum atomic E-state index is 6.00. The van der Waals surface area contributed by atoms with Crippen LogP contribution in [0.5, 0.6) is 0 Å². The van der Waals surface area contributed by atoms with E-state index in [1.54, 1.807) is 0 Å². The first kappa shape index (κ1) is 13.7. The molecule has 0 radical (unpaired) electrons. The average Bonchev–Trinajstić information content (AvgIpc) is 3.12. The van der Waals surface area contributed by atoms with Gasteiger partial charge in [-0.3, -0.25) is 0 Å². The summed E-state index contributed by atoms with van der Waals surface area (Å²) < 4.78 is 12.0. The topological polar surface area (TPSA) is 26.3 Å². The van der Waals surface area contributed by atoms with Crippen LogP contribution in [0.2, 0.25) is 0 Å².